The molecule has 0 radical (unpaired) electrons. The summed E-state index contributed by atoms with van der Waals surface area (Å²) in [6, 6.07) is 0. The normalized spacial score (nSPS) is 12.9. The first-order valence-electron chi connectivity index (χ1n) is 3.95. The van der Waals surface area contributed by atoms with Crippen molar-refractivity contribution in [1.29, 1.82) is 0 Å². The Balaban J connectivity index is 2.87. The fourth-order valence-electron chi connectivity index (χ4n) is 1.09. The Morgan fingerprint density at radius 3 is 2.67 bits per heavy atom. The fraction of sp³-hybridized carbons (Fsp3) is 0.625. The van der Waals surface area contributed by atoms with Gasteiger partial charge in [0, 0.05) is 0 Å². The first kappa shape index (κ1) is 8.90. The minimum Gasteiger partial charge on any atom is -0.339 e. The maximum absolute atomic E-state index is 11.1. The Labute approximate surface area is 71.0 Å². The van der Waals surface area contributed by atoms with Crippen LogP contribution in [0.1, 0.15) is 37.9 Å². The van der Waals surface area contributed by atoms with E-state index in [1.54, 1.807) is 6.92 Å². The molecule has 0 aliphatic heterocycles. The van der Waals surface area contributed by atoms with E-state index in [9.17, 15) is 4.79 Å². The molecule has 0 fully saturated rings. The van der Waals surface area contributed by atoms with E-state index >= 15 is 0 Å². The maximum atomic E-state index is 11.1. The van der Waals surface area contributed by atoms with E-state index < -0.39 is 0 Å². The lowest BCUT2D eigenvalue weighted by Gasteiger charge is -2.03. The van der Waals surface area contributed by atoms with Crippen molar-refractivity contribution in [3.63, 3.8) is 0 Å². The van der Waals surface area contributed by atoms with Crippen molar-refractivity contribution in [1.82, 2.24) is 10.1 Å². The molecule has 0 aromatic carbocycles. The number of carbonyl (C=O) groups is 1. The van der Waals surface area contributed by atoms with Crippen LogP contribution in [0.2, 0.25) is 0 Å². The molecule has 0 bridgehead atoms. The highest BCUT2D eigenvalue weighted by Gasteiger charge is 2.20. The Morgan fingerprint density at radius 2 is 2.33 bits per heavy atom. The molecule has 4 nitrogen and oxygen atoms in total. The molecular formula is C8H12N2O2. The van der Waals surface area contributed by atoms with Gasteiger partial charge >= 0.3 is 0 Å². The second-order valence-corrected chi connectivity index (χ2v) is 2.75. The molecule has 1 unspecified atom stereocenters. The first-order valence-corrected chi connectivity index (χ1v) is 3.95. The minimum atomic E-state index is -0.230. The summed E-state index contributed by atoms with van der Waals surface area (Å²) < 4.78 is 4.90. The van der Waals surface area contributed by atoms with E-state index in [0.29, 0.717) is 18.1 Å². The summed E-state index contributed by atoms with van der Waals surface area (Å²) in [5.74, 6) is 0.847. The smallest absolute Gasteiger partial charge is 0.237 e. The van der Waals surface area contributed by atoms with Crippen molar-refractivity contribution in [2.24, 2.45) is 0 Å². The molecule has 0 aliphatic rings. The highest BCUT2D eigenvalue weighted by molar-refractivity contribution is 5.82. The molecule has 1 aromatic heterocycles. The van der Waals surface area contributed by atoms with Gasteiger partial charge in [0.2, 0.25) is 5.89 Å². The standard InChI is InChI=1S/C8H12N2O2/c1-4-7(5(2)11)8-9-6(3)10-12-8/h7H,4H2,1-3H3. The van der Waals surface area contributed by atoms with Crippen LogP contribution in [0.25, 0.3) is 0 Å². The Hall–Kier alpha value is -1.19. The molecule has 1 atom stereocenters. The van der Waals surface area contributed by atoms with Crippen molar-refractivity contribution < 1.29 is 9.32 Å². The van der Waals surface area contributed by atoms with Crippen LogP contribution >= 0.6 is 0 Å². The Kier molecular flexibility index (Phi) is 2.58. The molecule has 12 heavy (non-hydrogen) atoms. The molecular weight excluding hydrogens is 156 g/mol. The lowest BCUT2D eigenvalue weighted by molar-refractivity contribution is -0.119. The van der Waals surface area contributed by atoms with Crippen LogP contribution in [0.4, 0.5) is 0 Å². The maximum Gasteiger partial charge on any atom is 0.237 e. The van der Waals surface area contributed by atoms with Crippen LogP contribution in [0.3, 0.4) is 0 Å². The van der Waals surface area contributed by atoms with Crippen LogP contribution in [0, 0.1) is 6.92 Å². The van der Waals surface area contributed by atoms with Gasteiger partial charge in [-0.25, -0.2) is 0 Å². The number of carbonyl (C=O) groups excluding carboxylic acids is 1. The second kappa shape index (κ2) is 3.47. The average Bonchev–Trinajstić information content (AvgIpc) is 2.37. The van der Waals surface area contributed by atoms with E-state index in [1.807, 2.05) is 6.92 Å². The van der Waals surface area contributed by atoms with E-state index in [4.69, 9.17) is 4.52 Å². The minimum absolute atomic E-state index is 0.0705. The highest BCUT2D eigenvalue weighted by Crippen LogP contribution is 2.17. The molecule has 0 saturated carbocycles. The van der Waals surface area contributed by atoms with Crippen LogP contribution in [0.5, 0.6) is 0 Å². The summed E-state index contributed by atoms with van der Waals surface area (Å²) in [4.78, 5) is 15.1. The Bertz CT molecular complexity index is 280. The zero-order chi connectivity index (χ0) is 9.14. The average molecular weight is 168 g/mol. The molecule has 0 N–H and O–H groups in total. The van der Waals surface area contributed by atoms with Gasteiger partial charge in [-0.15, -0.1) is 0 Å². The van der Waals surface area contributed by atoms with Crippen molar-refractivity contribution in [2.45, 2.75) is 33.1 Å². The predicted octanol–water partition coefficient (Wildman–Crippen LogP) is 1.46. The monoisotopic (exact) mass is 168 g/mol. The summed E-state index contributed by atoms with van der Waals surface area (Å²) in [6.45, 7) is 5.19. The highest BCUT2D eigenvalue weighted by atomic mass is 16.5. The van der Waals surface area contributed by atoms with E-state index in [2.05, 4.69) is 10.1 Å². The van der Waals surface area contributed by atoms with E-state index in [1.165, 1.54) is 6.92 Å². The predicted molar refractivity (Wildman–Crippen MR) is 42.7 cm³/mol. The number of rotatable bonds is 3. The van der Waals surface area contributed by atoms with E-state index in [-0.39, 0.29) is 11.7 Å². The quantitative estimate of drug-likeness (QED) is 0.685. The fourth-order valence-corrected chi connectivity index (χ4v) is 1.09. The van der Waals surface area contributed by atoms with Gasteiger partial charge in [0.25, 0.3) is 0 Å². The second-order valence-electron chi connectivity index (χ2n) is 2.75. The molecule has 0 aliphatic carbocycles. The zero-order valence-electron chi connectivity index (χ0n) is 7.50. The van der Waals surface area contributed by atoms with Gasteiger partial charge in [-0.2, -0.15) is 4.98 Å². The first-order chi connectivity index (χ1) is 5.65. The number of hydrogen-bond acceptors (Lipinski definition) is 4. The van der Waals surface area contributed by atoms with Gasteiger partial charge in [-0.1, -0.05) is 12.1 Å². The summed E-state index contributed by atoms with van der Waals surface area (Å²) >= 11 is 0. The molecule has 0 saturated heterocycles. The molecule has 1 rings (SSSR count). The van der Waals surface area contributed by atoms with Crippen LogP contribution in [-0.2, 0) is 4.79 Å². The number of hydrogen-bond donors (Lipinski definition) is 0. The third kappa shape index (κ3) is 1.69. The number of nitrogens with zero attached hydrogens (tertiary/aromatic N) is 2. The number of ketones is 1. The third-order valence-corrected chi connectivity index (χ3v) is 1.74. The van der Waals surface area contributed by atoms with Crippen molar-refractivity contribution in [3.05, 3.63) is 11.7 Å². The molecule has 0 amide bonds. The molecule has 1 heterocycles. The van der Waals surface area contributed by atoms with Crippen LogP contribution in [0.15, 0.2) is 4.52 Å². The van der Waals surface area contributed by atoms with Gasteiger partial charge < -0.3 is 4.52 Å². The summed E-state index contributed by atoms with van der Waals surface area (Å²) in [5.41, 5.74) is 0. The van der Waals surface area contributed by atoms with Crippen LogP contribution in [-0.4, -0.2) is 15.9 Å². The van der Waals surface area contributed by atoms with Gasteiger partial charge in [0.1, 0.15) is 5.78 Å². The number of aryl methyl sites for hydroxylation is 1. The van der Waals surface area contributed by atoms with E-state index in [0.717, 1.165) is 0 Å². The molecule has 1 aromatic rings. The lowest BCUT2D eigenvalue weighted by Crippen LogP contribution is -2.07. The molecule has 0 spiro atoms. The number of aromatic nitrogens is 2. The zero-order valence-corrected chi connectivity index (χ0v) is 7.50. The lowest BCUT2D eigenvalue weighted by atomic mass is 10.0. The van der Waals surface area contributed by atoms with Crippen LogP contribution < -0.4 is 0 Å². The summed E-state index contributed by atoms with van der Waals surface area (Å²) in [6.07, 6.45) is 0.705. The van der Waals surface area contributed by atoms with Gasteiger partial charge in [-0.05, 0) is 20.3 Å². The van der Waals surface area contributed by atoms with Crippen molar-refractivity contribution in [3.8, 4) is 0 Å². The Morgan fingerprint density at radius 1 is 1.67 bits per heavy atom. The van der Waals surface area contributed by atoms with Crippen molar-refractivity contribution in [2.75, 3.05) is 0 Å². The summed E-state index contributed by atoms with van der Waals surface area (Å²) in [7, 11) is 0. The van der Waals surface area contributed by atoms with Gasteiger partial charge in [0.15, 0.2) is 5.82 Å². The van der Waals surface area contributed by atoms with Crippen molar-refractivity contribution >= 4 is 5.78 Å². The van der Waals surface area contributed by atoms with Gasteiger partial charge in [0.05, 0.1) is 5.92 Å². The SMILES string of the molecule is CCC(C(C)=O)c1nc(C)no1. The summed E-state index contributed by atoms with van der Waals surface area (Å²) in [5, 5.41) is 3.63. The topological polar surface area (TPSA) is 56.0 Å². The largest absolute Gasteiger partial charge is 0.339 e. The number of Topliss-reactive ketones (excluding diaryl/α,β-unsaturated/α-hetero) is 1. The molecule has 66 valence electrons. The molecule has 4 heteroatoms. The van der Waals surface area contributed by atoms with Gasteiger partial charge in [-0.3, -0.25) is 4.79 Å². The third-order valence-electron chi connectivity index (χ3n) is 1.74.